The van der Waals surface area contributed by atoms with Crippen molar-refractivity contribution >= 4 is 11.3 Å². The Morgan fingerprint density at radius 2 is 2.26 bits per heavy atom. The second-order valence-corrected chi connectivity index (χ2v) is 5.59. The monoisotopic (exact) mass is 278 g/mol. The molecule has 0 saturated heterocycles. The summed E-state index contributed by atoms with van der Waals surface area (Å²) in [5, 5.41) is 6.64. The molecule has 0 bridgehead atoms. The first-order valence-electron chi connectivity index (χ1n) is 6.64. The molecule has 0 aliphatic heterocycles. The van der Waals surface area contributed by atoms with Gasteiger partial charge in [0.15, 0.2) is 0 Å². The Bertz CT molecular complexity index is 485. The Morgan fingerprint density at radius 1 is 1.37 bits per heavy atom. The van der Waals surface area contributed by atoms with Crippen LogP contribution in [-0.4, -0.2) is 17.6 Å². The van der Waals surface area contributed by atoms with Crippen molar-refractivity contribution in [3.63, 3.8) is 0 Å². The van der Waals surface area contributed by atoms with E-state index in [1.807, 2.05) is 17.6 Å². The van der Waals surface area contributed by atoms with E-state index < -0.39 is 0 Å². The van der Waals surface area contributed by atoms with Crippen LogP contribution < -0.4 is 5.32 Å². The number of rotatable bonds is 7. The van der Waals surface area contributed by atoms with E-state index in [0.29, 0.717) is 6.04 Å². The molecule has 0 radical (unpaired) electrons. The molecule has 1 N–H and O–H groups in total. The summed E-state index contributed by atoms with van der Waals surface area (Å²) in [6, 6.07) is 7.16. The average molecular weight is 278 g/mol. The molecule has 19 heavy (non-hydrogen) atoms. The number of aromatic nitrogens is 1. The Morgan fingerprint density at radius 3 is 2.95 bits per heavy atom. The van der Waals surface area contributed by atoms with Crippen molar-refractivity contribution in [2.24, 2.45) is 0 Å². The summed E-state index contributed by atoms with van der Waals surface area (Å²) in [4.78, 5) is 4.33. The lowest BCUT2D eigenvalue weighted by molar-refractivity contribution is 0.502. The average Bonchev–Trinajstić information content (AvgIpc) is 2.89. The van der Waals surface area contributed by atoms with Crippen molar-refractivity contribution in [3.8, 4) is 0 Å². The van der Waals surface area contributed by atoms with Gasteiger partial charge >= 0.3 is 0 Å². The maximum absolute atomic E-state index is 13.2. The smallest absolute Gasteiger partial charge is 0.123 e. The SMILES string of the molecule is CCCNC(Cc1cccc(F)c1)Cc1nccs1. The van der Waals surface area contributed by atoms with Crippen LogP contribution in [0.2, 0.25) is 0 Å². The van der Waals surface area contributed by atoms with Gasteiger partial charge in [0.05, 0.1) is 5.01 Å². The second-order valence-electron chi connectivity index (χ2n) is 4.62. The van der Waals surface area contributed by atoms with Crippen LogP contribution >= 0.6 is 11.3 Å². The topological polar surface area (TPSA) is 24.9 Å². The van der Waals surface area contributed by atoms with Crippen LogP contribution in [-0.2, 0) is 12.8 Å². The molecule has 0 amide bonds. The third-order valence-electron chi connectivity index (χ3n) is 2.96. The van der Waals surface area contributed by atoms with Crippen molar-refractivity contribution in [1.82, 2.24) is 10.3 Å². The summed E-state index contributed by atoms with van der Waals surface area (Å²) in [6.07, 6.45) is 4.65. The largest absolute Gasteiger partial charge is 0.313 e. The minimum atomic E-state index is -0.166. The third-order valence-corrected chi connectivity index (χ3v) is 3.76. The van der Waals surface area contributed by atoms with Crippen LogP contribution in [0.4, 0.5) is 4.39 Å². The van der Waals surface area contributed by atoms with Crippen LogP contribution in [0.1, 0.15) is 23.9 Å². The number of hydrogen-bond donors (Lipinski definition) is 1. The van der Waals surface area contributed by atoms with E-state index in [0.717, 1.165) is 36.4 Å². The number of nitrogens with zero attached hydrogens (tertiary/aromatic N) is 1. The molecular weight excluding hydrogens is 259 g/mol. The van der Waals surface area contributed by atoms with Gasteiger partial charge in [-0.2, -0.15) is 0 Å². The summed E-state index contributed by atoms with van der Waals surface area (Å²) in [7, 11) is 0. The minimum absolute atomic E-state index is 0.166. The Kier molecular flexibility index (Phi) is 5.48. The van der Waals surface area contributed by atoms with Gasteiger partial charge in [0.1, 0.15) is 5.82 Å². The highest BCUT2D eigenvalue weighted by molar-refractivity contribution is 7.09. The van der Waals surface area contributed by atoms with Gasteiger partial charge in [-0.05, 0) is 37.1 Å². The summed E-state index contributed by atoms with van der Waals surface area (Å²) in [5.41, 5.74) is 1.03. The Hall–Kier alpha value is -1.26. The molecule has 0 spiro atoms. The lowest BCUT2D eigenvalue weighted by Crippen LogP contribution is -2.33. The highest BCUT2D eigenvalue weighted by Gasteiger charge is 2.11. The lowest BCUT2D eigenvalue weighted by Gasteiger charge is -2.17. The fourth-order valence-corrected chi connectivity index (χ4v) is 2.78. The van der Waals surface area contributed by atoms with Gasteiger partial charge in [0.25, 0.3) is 0 Å². The zero-order valence-corrected chi connectivity index (χ0v) is 11.9. The highest BCUT2D eigenvalue weighted by Crippen LogP contribution is 2.12. The quantitative estimate of drug-likeness (QED) is 0.839. The molecule has 1 atom stereocenters. The normalized spacial score (nSPS) is 12.5. The van der Waals surface area contributed by atoms with Gasteiger partial charge < -0.3 is 5.32 Å². The van der Waals surface area contributed by atoms with Crippen LogP contribution in [0.15, 0.2) is 35.8 Å². The van der Waals surface area contributed by atoms with E-state index in [2.05, 4.69) is 17.2 Å². The van der Waals surface area contributed by atoms with E-state index in [1.165, 1.54) is 6.07 Å². The van der Waals surface area contributed by atoms with E-state index in [-0.39, 0.29) is 5.82 Å². The van der Waals surface area contributed by atoms with E-state index in [4.69, 9.17) is 0 Å². The van der Waals surface area contributed by atoms with Crippen molar-refractivity contribution < 1.29 is 4.39 Å². The first-order valence-corrected chi connectivity index (χ1v) is 7.52. The summed E-state index contributed by atoms with van der Waals surface area (Å²) < 4.78 is 13.2. The first kappa shape index (κ1) is 14.2. The summed E-state index contributed by atoms with van der Waals surface area (Å²) >= 11 is 1.67. The molecule has 1 heterocycles. The van der Waals surface area contributed by atoms with Crippen LogP contribution in [0.3, 0.4) is 0 Å². The molecule has 0 fully saturated rings. The zero-order chi connectivity index (χ0) is 13.5. The van der Waals surface area contributed by atoms with Gasteiger partial charge in [-0.1, -0.05) is 19.1 Å². The molecule has 0 aliphatic rings. The molecule has 0 saturated carbocycles. The number of hydrogen-bond acceptors (Lipinski definition) is 3. The fraction of sp³-hybridized carbons (Fsp3) is 0.400. The molecule has 4 heteroatoms. The Labute approximate surface area is 117 Å². The number of benzene rings is 1. The molecular formula is C15H19FN2S. The molecule has 2 aromatic rings. The van der Waals surface area contributed by atoms with Crippen molar-refractivity contribution in [1.29, 1.82) is 0 Å². The standard InChI is InChI=1S/C15H19FN2S/c1-2-6-17-14(11-15-18-7-8-19-15)10-12-4-3-5-13(16)9-12/h3-5,7-9,14,17H,2,6,10-11H2,1H3. The van der Waals surface area contributed by atoms with Crippen molar-refractivity contribution in [3.05, 3.63) is 52.2 Å². The zero-order valence-electron chi connectivity index (χ0n) is 11.1. The van der Waals surface area contributed by atoms with Gasteiger partial charge in [0, 0.05) is 24.0 Å². The highest BCUT2D eigenvalue weighted by atomic mass is 32.1. The van der Waals surface area contributed by atoms with Gasteiger partial charge in [0.2, 0.25) is 0 Å². The lowest BCUT2D eigenvalue weighted by atomic mass is 10.0. The maximum atomic E-state index is 13.2. The van der Waals surface area contributed by atoms with Crippen LogP contribution in [0, 0.1) is 5.82 Å². The minimum Gasteiger partial charge on any atom is -0.313 e. The third kappa shape index (κ3) is 4.73. The molecule has 0 aliphatic carbocycles. The molecule has 2 rings (SSSR count). The Balaban J connectivity index is 2.00. The van der Waals surface area contributed by atoms with Crippen LogP contribution in [0.25, 0.3) is 0 Å². The fourth-order valence-electron chi connectivity index (χ4n) is 2.08. The molecule has 1 aromatic heterocycles. The van der Waals surface area contributed by atoms with Crippen molar-refractivity contribution in [2.45, 2.75) is 32.2 Å². The molecule has 1 unspecified atom stereocenters. The van der Waals surface area contributed by atoms with Gasteiger partial charge in [-0.15, -0.1) is 11.3 Å². The number of nitrogens with one attached hydrogen (secondary N) is 1. The summed E-state index contributed by atoms with van der Waals surface area (Å²) in [6.45, 7) is 3.13. The first-order chi connectivity index (χ1) is 9.28. The van der Waals surface area contributed by atoms with Crippen molar-refractivity contribution in [2.75, 3.05) is 6.54 Å². The van der Waals surface area contributed by atoms with E-state index >= 15 is 0 Å². The predicted molar refractivity (Wildman–Crippen MR) is 78.0 cm³/mol. The predicted octanol–water partition coefficient (Wildman–Crippen LogP) is 3.44. The van der Waals surface area contributed by atoms with E-state index in [1.54, 1.807) is 23.5 Å². The van der Waals surface area contributed by atoms with Gasteiger partial charge in [-0.25, -0.2) is 9.37 Å². The van der Waals surface area contributed by atoms with E-state index in [9.17, 15) is 4.39 Å². The number of halogens is 1. The molecule has 1 aromatic carbocycles. The number of thiazole rings is 1. The second kappa shape index (κ2) is 7.36. The summed E-state index contributed by atoms with van der Waals surface area (Å²) in [5.74, 6) is -0.166. The molecule has 2 nitrogen and oxygen atoms in total. The van der Waals surface area contributed by atoms with Gasteiger partial charge in [-0.3, -0.25) is 0 Å². The maximum Gasteiger partial charge on any atom is 0.123 e. The molecule has 102 valence electrons. The van der Waals surface area contributed by atoms with Crippen LogP contribution in [0.5, 0.6) is 0 Å².